The molecule has 23 heavy (non-hydrogen) atoms. The first-order valence-corrected chi connectivity index (χ1v) is 8.57. The van der Waals surface area contributed by atoms with Crippen LogP contribution in [0, 0.1) is 22.2 Å². The van der Waals surface area contributed by atoms with E-state index in [0.717, 1.165) is 19.4 Å². The van der Waals surface area contributed by atoms with E-state index in [0.29, 0.717) is 43.2 Å². The van der Waals surface area contributed by atoms with E-state index in [4.69, 9.17) is 4.74 Å². The van der Waals surface area contributed by atoms with Crippen molar-refractivity contribution in [1.29, 1.82) is 5.26 Å². The van der Waals surface area contributed by atoms with Gasteiger partial charge in [0.2, 0.25) is 0 Å². The topological polar surface area (TPSA) is 56.6 Å². The van der Waals surface area contributed by atoms with Crippen LogP contribution in [0.2, 0.25) is 0 Å². The van der Waals surface area contributed by atoms with Crippen LogP contribution in [0.1, 0.15) is 40.0 Å². The average molecular weight is 317 g/mol. The van der Waals surface area contributed by atoms with Gasteiger partial charge in [-0.2, -0.15) is 5.26 Å². The van der Waals surface area contributed by atoms with Crippen molar-refractivity contribution in [2.45, 2.75) is 46.1 Å². The summed E-state index contributed by atoms with van der Waals surface area (Å²) in [5.74, 6) is -0.151. The Hall–Kier alpha value is -1.54. The van der Waals surface area contributed by atoms with Crippen molar-refractivity contribution >= 4 is 5.91 Å². The number of likely N-dealkylation sites (tertiary alicyclic amines) is 1. The van der Waals surface area contributed by atoms with E-state index in [9.17, 15) is 10.1 Å². The molecule has 2 heterocycles. The van der Waals surface area contributed by atoms with Crippen LogP contribution >= 0.6 is 0 Å². The first kappa shape index (κ1) is 16.3. The molecule has 126 valence electrons. The van der Waals surface area contributed by atoms with Crippen molar-refractivity contribution in [3.05, 3.63) is 11.8 Å². The van der Waals surface area contributed by atoms with Crippen LogP contribution in [-0.4, -0.2) is 54.6 Å². The first-order chi connectivity index (χ1) is 10.8. The molecule has 3 rings (SSSR count). The summed E-state index contributed by atoms with van der Waals surface area (Å²) in [6.07, 6.45) is 5.33. The number of hydrogen-bond donors (Lipinski definition) is 0. The SMILES string of the molecule is CC1(C)CC2CC(C)(CN2/C=C(/C#N)C(=O)N2CCOCC2)C1. The molecule has 0 N–H and O–H groups in total. The maximum absolute atomic E-state index is 12.6. The molecule has 0 aromatic heterocycles. The average Bonchev–Trinajstić information content (AvgIpc) is 2.73. The van der Waals surface area contributed by atoms with Gasteiger partial charge in [0, 0.05) is 31.9 Å². The Bertz CT molecular complexity index is 557. The van der Waals surface area contributed by atoms with Crippen LogP contribution in [0.3, 0.4) is 0 Å². The van der Waals surface area contributed by atoms with Crippen LogP contribution in [0.25, 0.3) is 0 Å². The minimum atomic E-state index is -0.151. The predicted octanol–water partition coefficient (Wildman–Crippen LogP) is 2.15. The molecule has 2 bridgehead atoms. The van der Waals surface area contributed by atoms with Crippen molar-refractivity contribution < 1.29 is 9.53 Å². The monoisotopic (exact) mass is 317 g/mol. The van der Waals surface area contributed by atoms with Crippen molar-refractivity contribution in [3.63, 3.8) is 0 Å². The van der Waals surface area contributed by atoms with E-state index < -0.39 is 0 Å². The van der Waals surface area contributed by atoms with Gasteiger partial charge in [-0.3, -0.25) is 4.79 Å². The normalized spacial score (nSPS) is 33.5. The summed E-state index contributed by atoms with van der Waals surface area (Å²) in [5, 5.41) is 9.47. The second-order valence-corrected chi connectivity index (χ2v) is 8.45. The largest absolute Gasteiger partial charge is 0.378 e. The second-order valence-electron chi connectivity index (χ2n) is 8.45. The van der Waals surface area contributed by atoms with Crippen molar-refractivity contribution in [3.8, 4) is 6.07 Å². The molecule has 2 aliphatic heterocycles. The Balaban J connectivity index is 1.77. The molecule has 3 fully saturated rings. The van der Waals surface area contributed by atoms with E-state index >= 15 is 0 Å². The molecule has 1 amide bonds. The van der Waals surface area contributed by atoms with E-state index in [2.05, 4.69) is 31.7 Å². The smallest absolute Gasteiger partial charge is 0.266 e. The van der Waals surface area contributed by atoms with Crippen molar-refractivity contribution in [1.82, 2.24) is 9.80 Å². The predicted molar refractivity (Wildman–Crippen MR) is 87.3 cm³/mol. The number of amides is 1. The quantitative estimate of drug-likeness (QED) is 0.578. The minimum Gasteiger partial charge on any atom is -0.378 e. The molecule has 5 nitrogen and oxygen atoms in total. The van der Waals surface area contributed by atoms with Gasteiger partial charge < -0.3 is 14.5 Å². The highest BCUT2D eigenvalue weighted by molar-refractivity contribution is 5.97. The van der Waals surface area contributed by atoms with Crippen LogP contribution in [0.15, 0.2) is 11.8 Å². The molecule has 1 saturated carbocycles. The number of ether oxygens (including phenoxy) is 1. The Morgan fingerprint density at radius 1 is 1.26 bits per heavy atom. The number of rotatable bonds is 2. The Morgan fingerprint density at radius 3 is 2.61 bits per heavy atom. The standard InChI is InChI=1S/C18H27N3O2/c1-17(2)8-15-9-18(3,12-17)13-21(15)11-14(10-19)16(22)20-4-6-23-7-5-20/h11,15H,4-9,12-13H2,1-3H3/b14-11-. The molecule has 2 saturated heterocycles. The van der Waals surface area contributed by atoms with Crippen molar-refractivity contribution in [2.75, 3.05) is 32.8 Å². The lowest BCUT2D eigenvalue weighted by Crippen LogP contribution is -2.41. The minimum absolute atomic E-state index is 0.151. The summed E-state index contributed by atoms with van der Waals surface area (Å²) >= 11 is 0. The zero-order chi connectivity index (χ0) is 16.7. The van der Waals surface area contributed by atoms with Gasteiger partial charge in [-0.15, -0.1) is 0 Å². The molecule has 1 aliphatic carbocycles. The molecular formula is C18H27N3O2. The first-order valence-electron chi connectivity index (χ1n) is 8.57. The van der Waals surface area contributed by atoms with Crippen LogP contribution < -0.4 is 0 Å². The maximum atomic E-state index is 12.6. The molecule has 2 unspecified atom stereocenters. The Morgan fingerprint density at radius 2 is 1.96 bits per heavy atom. The van der Waals surface area contributed by atoms with Crippen LogP contribution in [0.4, 0.5) is 0 Å². The molecule has 0 radical (unpaired) electrons. The van der Waals surface area contributed by atoms with Crippen molar-refractivity contribution in [2.24, 2.45) is 10.8 Å². The van der Waals surface area contributed by atoms with Crippen LogP contribution in [0.5, 0.6) is 0 Å². The Kier molecular flexibility index (Phi) is 4.14. The number of fused-ring (bicyclic) bond motifs is 2. The molecule has 2 atom stereocenters. The second kappa shape index (κ2) is 5.83. The third-order valence-corrected chi connectivity index (χ3v) is 5.40. The van der Waals surface area contributed by atoms with E-state index in [1.165, 1.54) is 6.42 Å². The summed E-state index contributed by atoms with van der Waals surface area (Å²) < 4.78 is 5.28. The summed E-state index contributed by atoms with van der Waals surface area (Å²) in [7, 11) is 0. The molecular weight excluding hydrogens is 290 g/mol. The molecule has 0 spiro atoms. The summed E-state index contributed by atoms with van der Waals surface area (Å²) in [5.41, 5.74) is 0.896. The molecule has 0 aromatic rings. The summed E-state index contributed by atoms with van der Waals surface area (Å²) in [6.45, 7) is 10.2. The molecule has 5 heteroatoms. The summed E-state index contributed by atoms with van der Waals surface area (Å²) in [6, 6.07) is 2.58. The third-order valence-electron chi connectivity index (χ3n) is 5.40. The highest BCUT2D eigenvalue weighted by Crippen LogP contribution is 2.52. The fourth-order valence-electron chi connectivity index (χ4n) is 4.89. The maximum Gasteiger partial charge on any atom is 0.266 e. The highest BCUT2D eigenvalue weighted by atomic mass is 16.5. The number of nitrogens with zero attached hydrogens (tertiary/aromatic N) is 3. The fourth-order valence-corrected chi connectivity index (χ4v) is 4.89. The zero-order valence-electron chi connectivity index (χ0n) is 14.5. The lowest BCUT2D eigenvalue weighted by Gasteiger charge is -2.39. The van der Waals surface area contributed by atoms with Gasteiger partial charge in [0.15, 0.2) is 0 Å². The van der Waals surface area contributed by atoms with E-state index in [1.54, 1.807) is 4.90 Å². The Labute approximate surface area is 138 Å². The van der Waals surface area contributed by atoms with Gasteiger partial charge in [-0.25, -0.2) is 0 Å². The van der Waals surface area contributed by atoms with Gasteiger partial charge in [-0.05, 0) is 30.1 Å². The molecule has 3 aliphatic rings. The summed E-state index contributed by atoms with van der Waals surface area (Å²) in [4.78, 5) is 16.6. The highest BCUT2D eigenvalue weighted by Gasteiger charge is 2.49. The van der Waals surface area contributed by atoms with Gasteiger partial charge in [-0.1, -0.05) is 20.8 Å². The van der Waals surface area contributed by atoms with E-state index in [-0.39, 0.29) is 11.5 Å². The van der Waals surface area contributed by atoms with Gasteiger partial charge in [0.1, 0.15) is 11.6 Å². The number of nitriles is 1. The van der Waals surface area contributed by atoms with Crippen LogP contribution in [-0.2, 0) is 9.53 Å². The third kappa shape index (κ3) is 3.37. The number of carbonyl (C=O) groups is 1. The van der Waals surface area contributed by atoms with Gasteiger partial charge in [0.05, 0.1) is 13.2 Å². The lowest BCUT2D eigenvalue weighted by molar-refractivity contribution is -0.130. The van der Waals surface area contributed by atoms with Gasteiger partial charge in [0.25, 0.3) is 5.91 Å². The fraction of sp³-hybridized carbons (Fsp3) is 0.778. The zero-order valence-corrected chi connectivity index (χ0v) is 14.5. The number of carbonyl (C=O) groups excluding carboxylic acids is 1. The number of hydrogen-bond acceptors (Lipinski definition) is 4. The number of morpholine rings is 1. The lowest BCUT2D eigenvalue weighted by atomic mass is 9.65. The molecule has 0 aromatic carbocycles. The van der Waals surface area contributed by atoms with E-state index in [1.807, 2.05) is 6.20 Å². The van der Waals surface area contributed by atoms with Gasteiger partial charge >= 0.3 is 0 Å².